The van der Waals surface area contributed by atoms with Crippen molar-refractivity contribution in [3.05, 3.63) is 48.6 Å². The van der Waals surface area contributed by atoms with E-state index in [0.717, 1.165) is 57.8 Å². The first kappa shape index (κ1) is 66.1. The van der Waals surface area contributed by atoms with Crippen molar-refractivity contribution in [2.45, 2.75) is 293 Å². The zero-order valence-corrected chi connectivity index (χ0v) is 44.9. The lowest BCUT2D eigenvalue weighted by Crippen LogP contribution is -2.65. The number of ether oxygens (including phenoxy) is 4. The van der Waals surface area contributed by atoms with Crippen molar-refractivity contribution in [1.29, 1.82) is 0 Å². The molecule has 12 unspecified atom stereocenters. The number of carbonyl (C=O) groups is 1. The van der Waals surface area contributed by atoms with Crippen LogP contribution in [0.4, 0.5) is 0 Å². The van der Waals surface area contributed by atoms with E-state index in [2.05, 4.69) is 55.6 Å². The van der Waals surface area contributed by atoms with E-state index < -0.39 is 86.8 Å². The van der Waals surface area contributed by atoms with E-state index in [1.54, 1.807) is 6.08 Å². The van der Waals surface area contributed by atoms with Crippen LogP contribution in [0.1, 0.15) is 219 Å². The summed E-state index contributed by atoms with van der Waals surface area (Å²) in [5, 5.41) is 87.0. The SMILES string of the molecule is CCCCCCC/C=C\C/C=C\C/C=C\CCCCCCCCCCC(=O)NC(COC1OC(CO)C(OC2OC(CO)C(O)C(O)C2O)C(O)C1O)C(O)/C=C/CCCCCCCCCCCCCCC. The van der Waals surface area contributed by atoms with Crippen molar-refractivity contribution < 1.29 is 64.6 Å². The van der Waals surface area contributed by atoms with Gasteiger partial charge in [-0.15, -0.1) is 0 Å². The standard InChI is InChI=1S/C58H105NO13/c1-3-5-7-9-11-13-15-17-19-20-21-22-23-24-25-26-28-30-32-34-36-38-40-42-50(63)59-46(47(62)41-39-37-35-33-31-29-27-18-16-14-12-10-8-6-4-2)45-69-57-55(68)53(66)56(49(44-61)71-57)72-58-54(67)52(65)51(64)48(43-60)70-58/h15,17,20-21,23-24,39,41,46-49,51-58,60-62,64-68H,3-14,16,18-19,22,25-38,40,42-45H2,1-2H3,(H,59,63)/b17-15-,21-20-,24-23-,41-39+. The van der Waals surface area contributed by atoms with Crippen LogP contribution < -0.4 is 5.32 Å². The summed E-state index contributed by atoms with van der Waals surface area (Å²) in [5.74, 6) is -0.247. The number of rotatable bonds is 45. The highest BCUT2D eigenvalue weighted by atomic mass is 16.7. The van der Waals surface area contributed by atoms with Gasteiger partial charge in [0.05, 0.1) is 32.0 Å². The van der Waals surface area contributed by atoms with Gasteiger partial charge in [-0.05, 0) is 57.8 Å². The van der Waals surface area contributed by atoms with Gasteiger partial charge in [0.25, 0.3) is 0 Å². The van der Waals surface area contributed by atoms with Gasteiger partial charge < -0.3 is 65.1 Å². The molecule has 2 fully saturated rings. The number of hydrogen-bond acceptors (Lipinski definition) is 13. The largest absolute Gasteiger partial charge is 0.394 e. The molecule has 2 saturated heterocycles. The first-order valence-corrected chi connectivity index (χ1v) is 28.9. The van der Waals surface area contributed by atoms with E-state index in [9.17, 15) is 45.6 Å². The lowest BCUT2D eigenvalue weighted by molar-refractivity contribution is -0.359. The average Bonchev–Trinajstić information content (AvgIpc) is 3.38. The van der Waals surface area contributed by atoms with Crippen LogP contribution >= 0.6 is 0 Å². The molecular formula is C58H105NO13. The summed E-state index contributed by atoms with van der Waals surface area (Å²) in [4.78, 5) is 13.2. The summed E-state index contributed by atoms with van der Waals surface area (Å²) in [5.41, 5.74) is 0. The summed E-state index contributed by atoms with van der Waals surface area (Å²) in [7, 11) is 0. The Morgan fingerprint density at radius 1 is 0.500 bits per heavy atom. The second-order valence-corrected chi connectivity index (χ2v) is 20.4. The van der Waals surface area contributed by atoms with Crippen LogP contribution in [0.5, 0.6) is 0 Å². The molecule has 0 saturated carbocycles. The topological polar surface area (TPSA) is 228 Å². The molecule has 0 aromatic heterocycles. The Morgan fingerprint density at radius 2 is 0.917 bits per heavy atom. The summed E-state index contributed by atoms with van der Waals surface area (Å²) in [6.45, 7) is 2.78. The number of nitrogens with one attached hydrogen (secondary N) is 1. The Labute approximate surface area is 435 Å². The Balaban J connectivity index is 1.78. The number of aliphatic hydroxyl groups is 8. The molecule has 2 aliphatic heterocycles. The van der Waals surface area contributed by atoms with Crippen molar-refractivity contribution >= 4 is 5.91 Å². The maximum atomic E-state index is 13.2. The lowest BCUT2D eigenvalue weighted by Gasteiger charge is -2.46. The number of unbranched alkanes of at least 4 members (excludes halogenated alkanes) is 26. The van der Waals surface area contributed by atoms with Crippen molar-refractivity contribution in [3.63, 3.8) is 0 Å². The van der Waals surface area contributed by atoms with Crippen LogP contribution in [-0.2, 0) is 23.7 Å². The molecule has 420 valence electrons. The monoisotopic (exact) mass is 1020 g/mol. The molecular weight excluding hydrogens is 919 g/mol. The van der Waals surface area contributed by atoms with Crippen molar-refractivity contribution in [2.75, 3.05) is 19.8 Å². The van der Waals surface area contributed by atoms with Crippen LogP contribution in [0, 0.1) is 0 Å². The number of aliphatic hydroxyl groups excluding tert-OH is 8. The molecule has 0 aliphatic carbocycles. The van der Waals surface area contributed by atoms with Crippen LogP contribution in [0.15, 0.2) is 48.6 Å². The third-order valence-corrected chi connectivity index (χ3v) is 14.0. The van der Waals surface area contributed by atoms with Crippen molar-refractivity contribution in [1.82, 2.24) is 5.32 Å². The molecule has 0 radical (unpaired) electrons. The zero-order valence-electron chi connectivity index (χ0n) is 44.9. The van der Waals surface area contributed by atoms with E-state index in [1.807, 2.05) is 6.08 Å². The second-order valence-electron chi connectivity index (χ2n) is 20.4. The fourth-order valence-corrected chi connectivity index (χ4v) is 9.30. The molecule has 0 bridgehead atoms. The molecule has 0 aromatic rings. The normalized spacial score (nSPS) is 25.9. The highest BCUT2D eigenvalue weighted by Gasteiger charge is 2.51. The Kier molecular flexibility index (Phi) is 40.5. The fraction of sp³-hybridized carbons (Fsp3) is 0.845. The molecule has 0 spiro atoms. The van der Waals surface area contributed by atoms with Gasteiger partial charge in [0.1, 0.15) is 48.8 Å². The van der Waals surface area contributed by atoms with Gasteiger partial charge in [-0.25, -0.2) is 0 Å². The van der Waals surface area contributed by atoms with Gasteiger partial charge in [-0.1, -0.05) is 204 Å². The summed E-state index contributed by atoms with van der Waals surface area (Å²) >= 11 is 0. The number of allylic oxidation sites excluding steroid dienone is 7. The Bertz CT molecular complexity index is 1390. The first-order valence-electron chi connectivity index (χ1n) is 28.9. The minimum Gasteiger partial charge on any atom is -0.394 e. The third kappa shape index (κ3) is 29.9. The van der Waals surface area contributed by atoms with E-state index in [-0.39, 0.29) is 18.9 Å². The van der Waals surface area contributed by atoms with E-state index in [4.69, 9.17) is 18.9 Å². The van der Waals surface area contributed by atoms with E-state index in [0.29, 0.717) is 6.42 Å². The Morgan fingerprint density at radius 3 is 1.40 bits per heavy atom. The van der Waals surface area contributed by atoms with Gasteiger partial charge >= 0.3 is 0 Å². The smallest absolute Gasteiger partial charge is 0.220 e. The third-order valence-electron chi connectivity index (χ3n) is 14.0. The van der Waals surface area contributed by atoms with Gasteiger partial charge in [-0.2, -0.15) is 0 Å². The summed E-state index contributed by atoms with van der Waals surface area (Å²) in [6, 6.07) is -0.919. The second kappa shape index (κ2) is 44.1. The molecule has 14 nitrogen and oxygen atoms in total. The maximum absolute atomic E-state index is 13.2. The summed E-state index contributed by atoms with van der Waals surface area (Å²) in [6.07, 6.45) is 37.1. The van der Waals surface area contributed by atoms with Gasteiger partial charge in [0, 0.05) is 6.42 Å². The maximum Gasteiger partial charge on any atom is 0.220 e. The van der Waals surface area contributed by atoms with Gasteiger partial charge in [0.2, 0.25) is 5.91 Å². The van der Waals surface area contributed by atoms with Gasteiger partial charge in [-0.3, -0.25) is 4.79 Å². The predicted molar refractivity (Wildman–Crippen MR) is 286 cm³/mol. The van der Waals surface area contributed by atoms with Crippen LogP contribution in [-0.4, -0.2) is 140 Å². The van der Waals surface area contributed by atoms with E-state index in [1.165, 1.54) is 135 Å². The van der Waals surface area contributed by atoms with Crippen LogP contribution in [0.3, 0.4) is 0 Å². The molecule has 2 heterocycles. The molecule has 9 N–H and O–H groups in total. The summed E-state index contributed by atoms with van der Waals surface area (Å²) < 4.78 is 22.7. The van der Waals surface area contributed by atoms with Crippen molar-refractivity contribution in [3.8, 4) is 0 Å². The highest BCUT2D eigenvalue weighted by Crippen LogP contribution is 2.30. The first-order chi connectivity index (χ1) is 35.1. The predicted octanol–water partition coefficient (Wildman–Crippen LogP) is 9.22. The fourth-order valence-electron chi connectivity index (χ4n) is 9.30. The van der Waals surface area contributed by atoms with Gasteiger partial charge in [0.15, 0.2) is 12.6 Å². The number of carbonyl (C=O) groups excluding carboxylic acids is 1. The Hall–Kier alpha value is -2.05. The number of amides is 1. The quantitative estimate of drug-likeness (QED) is 0.0205. The van der Waals surface area contributed by atoms with E-state index >= 15 is 0 Å². The van der Waals surface area contributed by atoms with Crippen LogP contribution in [0.25, 0.3) is 0 Å². The molecule has 2 aliphatic rings. The zero-order chi connectivity index (χ0) is 52.4. The molecule has 14 heteroatoms. The average molecular weight is 1020 g/mol. The molecule has 0 aromatic carbocycles. The van der Waals surface area contributed by atoms with Crippen molar-refractivity contribution in [2.24, 2.45) is 0 Å². The molecule has 72 heavy (non-hydrogen) atoms. The molecule has 2 rings (SSSR count). The minimum atomic E-state index is -1.79. The molecule has 1 amide bonds. The minimum absolute atomic E-state index is 0.247. The molecule has 12 atom stereocenters. The lowest BCUT2D eigenvalue weighted by atomic mass is 9.97. The van der Waals surface area contributed by atoms with Crippen LogP contribution in [0.2, 0.25) is 0 Å². The highest BCUT2D eigenvalue weighted by molar-refractivity contribution is 5.76. The number of hydrogen-bond donors (Lipinski definition) is 9.